The van der Waals surface area contributed by atoms with Gasteiger partial charge < -0.3 is 25.3 Å². The van der Waals surface area contributed by atoms with Crippen LogP contribution in [-0.2, 0) is 9.59 Å². The first-order valence-corrected chi connectivity index (χ1v) is 20.2. The summed E-state index contributed by atoms with van der Waals surface area (Å²) in [6.45, 7) is 7.12. The van der Waals surface area contributed by atoms with Gasteiger partial charge in [0, 0.05) is 50.0 Å². The summed E-state index contributed by atoms with van der Waals surface area (Å²) in [5.41, 5.74) is 8.03. The first-order chi connectivity index (χ1) is 27.6. The third kappa shape index (κ3) is 8.02. The van der Waals surface area contributed by atoms with Crippen LogP contribution in [0.15, 0.2) is 91.0 Å². The van der Waals surface area contributed by atoms with Gasteiger partial charge in [-0.15, -0.1) is 0 Å². The van der Waals surface area contributed by atoms with E-state index < -0.39 is 29.7 Å². The summed E-state index contributed by atoms with van der Waals surface area (Å²) in [7, 11) is 0. The zero-order valence-electron chi connectivity index (χ0n) is 32.2. The van der Waals surface area contributed by atoms with Crippen LogP contribution in [0.25, 0.3) is 11.1 Å². The summed E-state index contributed by atoms with van der Waals surface area (Å²) in [4.78, 5) is 56.6. The Balaban J connectivity index is 0.873. The largest absolute Gasteiger partial charge is 0.508 e. The SMILES string of the molecule is CCC(=C(c1ccc(O)cc1)c1ccc(N2CCC(CN3CCC[C@@H](Nc4ccc5c(c4)C(=O)N(C4CCC(=O)NC4=O)C5=O)C3)CC2)cc1)c1ccc(O)cc1. The lowest BCUT2D eigenvalue weighted by molar-refractivity contribution is -0.136. The van der Waals surface area contributed by atoms with E-state index in [1.165, 1.54) is 11.3 Å². The molecule has 0 radical (unpaired) electrons. The molecular formula is C46H49N5O6. The summed E-state index contributed by atoms with van der Waals surface area (Å²) in [5.74, 6) is -0.918. The van der Waals surface area contributed by atoms with Crippen LogP contribution in [0.2, 0.25) is 0 Å². The number of nitrogens with zero attached hydrogens (tertiary/aromatic N) is 3. The average Bonchev–Trinajstić information content (AvgIpc) is 3.46. The Kier molecular flexibility index (Phi) is 10.8. The Morgan fingerprint density at radius 1 is 0.737 bits per heavy atom. The van der Waals surface area contributed by atoms with Crippen LogP contribution in [0.3, 0.4) is 0 Å². The number of imide groups is 2. The number of rotatable bonds is 10. The molecule has 0 saturated carbocycles. The van der Waals surface area contributed by atoms with E-state index in [0.29, 0.717) is 5.92 Å². The topological polar surface area (TPSA) is 143 Å². The zero-order chi connectivity index (χ0) is 39.6. The minimum Gasteiger partial charge on any atom is -0.508 e. The first kappa shape index (κ1) is 38.0. The molecule has 0 aromatic heterocycles. The fourth-order valence-corrected chi connectivity index (χ4v) is 9.04. The van der Waals surface area contributed by atoms with Gasteiger partial charge in [-0.3, -0.25) is 29.4 Å². The number of nitrogens with one attached hydrogen (secondary N) is 2. The predicted octanol–water partition coefficient (Wildman–Crippen LogP) is 6.66. The molecule has 2 atom stereocenters. The maximum absolute atomic E-state index is 13.3. The monoisotopic (exact) mass is 767 g/mol. The lowest BCUT2D eigenvalue weighted by atomic mass is 9.88. The molecule has 0 aliphatic carbocycles. The van der Waals surface area contributed by atoms with Crippen molar-refractivity contribution in [2.45, 2.75) is 64.0 Å². The quantitative estimate of drug-likeness (QED) is 0.103. The Bertz CT molecular complexity index is 2190. The molecule has 1 unspecified atom stereocenters. The molecule has 0 spiro atoms. The Hall–Kier alpha value is -5.94. The van der Waals surface area contributed by atoms with Gasteiger partial charge >= 0.3 is 0 Å². The minimum atomic E-state index is -0.976. The molecule has 3 fully saturated rings. The second kappa shape index (κ2) is 16.3. The number of anilines is 2. The summed E-state index contributed by atoms with van der Waals surface area (Å²) in [6, 6.07) is 28.0. The van der Waals surface area contributed by atoms with E-state index >= 15 is 0 Å². The number of amides is 4. The number of allylic oxidation sites excluding steroid dienone is 1. The molecule has 4 aromatic rings. The number of piperidine rings is 3. The van der Waals surface area contributed by atoms with Gasteiger partial charge in [-0.1, -0.05) is 43.3 Å². The van der Waals surface area contributed by atoms with Gasteiger partial charge in [-0.25, -0.2) is 0 Å². The fourth-order valence-electron chi connectivity index (χ4n) is 9.04. The van der Waals surface area contributed by atoms with E-state index in [2.05, 4.69) is 51.6 Å². The normalized spacial score (nSPS) is 21.0. The number of carbonyl (C=O) groups excluding carboxylic acids is 4. The summed E-state index contributed by atoms with van der Waals surface area (Å²) >= 11 is 0. The van der Waals surface area contributed by atoms with Crippen molar-refractivity contribution in [3.8, 4) is 11.5 Å². The molecule has 3 saturated heterocycles. The van der Waals surface area contributed by atoms with Gasteiger partial charge in [0.05, 0.1) is 11.1 Å². The van der Waals surface area contributed by atoms with Crippen LogP contribution in [-0.4, -0.2) is 88.4 Å². The Morgan fingerprint density at radius 2 is 1.37 bits per heavy atom. The third-order valence-corrected chi connectivity index (χ3v) is 12.0. The summed E-state index contributed by atoms with van der Waals surface area (Å²) in [5, 5.41) is 25.8. The van der Waals surface area contributed by atoms with Gasteiger partial charge in [0.1, 0.15) is 17.5 Å². The number of benzene rings is 4. The number of hydrogen-bond acceptors (Lipinski definition) is 9. The number of likely N-dealkylation sites (tertiary alicyclic amines) is 1. The van der Waals surface area contributed by atoms with Crippen LogP contribution in [0.1, 0.15) is 89.3 Å². The summed E-state index contributed by atoms with van der Waals surface area (Å²) < 4.78 is 0. The molecule has 294 valence electrons. The highest BCUT2D eigenvalue weighted by Crippen LogP contribution is 2.37. The molecule has 11 nitrogen and oxygen atoms in total. The molecule has 4 aliphatic heterocycles. The van der Waals surface area contributed by atoms with Gasteiger partial charge in [-0.05, 0) is 133 Å². The van der Waals surface area contributed by atoms with Crippen molar-refractivity contribution in [1.29, 1.82) is 0 Å². The molecule has 0 bridgehead atoms. The lowest BCUT2D eigenvalue weighted by Gasteiger charge is -2.39. The smallest absolute Gasteiger partial charge is 0.262 e. The minimum absolute atomic E-state index is 0.0919. The molecule has 4 aromatic carbocycles. The second-order valence-electron chi connectivity index (χ2n) is 15.7. The number of phenolic OH excluding ortho intramolecular Hbond substituents is 2. The van der Waals surface area contributed by atoms with Crippen molar-refractivity contribution in [1.82, 2.24) is 15.1 Å². The van der Waals surface area contributed by atoms with Crippen LogP contribution >= 0.6 is 0 Å². The van der Waals surface area contributed by atoms with Crippen LogP contribution < -0.4 is 15.5 Å². The van der Waals surface area contributed by atoms with E-state index in [1.54, 1.807) is 36.4 Å². The fraction of sp³-hybridized carbons (Fsp3) is 0.348. The van der Waals surface area contributed by atoms with Crippen molar-refractivity contribution in [3.63, 3.8) is 0 Å². The van der Waals surface area contributed by atoms with Crippen molar-refractivity contribution in [3.05, 3.63) is 119 Å². The highest BCUT2D eigenvalue weighted by Gasteiger charge is 2.44. The standard InChI is InChI=1S/C46H49N5O6/c1-2-38(30-7-14-36(52)15-8-30)43(32-9-16-37(53)17-10-32)31-5-12-35(13-6-31)50-24-21-29(22-25-50)27-49-23-3-4-34(28-49)47-33-11-18-39-40(26-33)46(57)51(45(39)56)41-19-20-42(54)48-44(41)55/h5-18,26,29,34,41,47,52-53H,2-4,19-25,27-28H2,1H3,(H,48,54,55)/t34-,41?/m1/s1. The molecule has 4 heterocycles. The lowest BCUT2D eigenvalue weighted by Crippen LogP contribution is -2.54. The van der Waals surface area contributed by atoms with Gasteiger partial charge in [-0.2, -0.15) is 0 Å². The van der Waals surface area contributed by atoms with Crippen molar-refractivity contribution < 1.29 is 29.4 Å². The molecule has 4 N–H and O–H groups in total. The van der Waals surface area contributed by atoms with Gasteiger partial charge in [0.15, 0.2) is 0 Å². The van der Waals surface area contributed by atoms with Crippen molar-refractivity contribution in [2.24, 2.45) is 5.92 Å². The molecule has 57 heavy (non-hydrogen) atoms. The highest BCUT2D eigenvalue weighted by atomic mass is 16.3. The third-order valence-electron chi connectivity index (χ3n) is 12.0. The van der Waals surface area contributed by atoms with E-state index in [4.69, 9.17) is 0 Å². The molecule has 11 heteroatoms. The van der Waals surface area contributed by atoms with Crippen molar-refractivity contribution >= 4 is 46.1 Å². The Morgan fingerprint density at radius 3 is 2.02 bits per heavy atom. The van der Waals surface area contributed by atoms with Crippen molar-refractivity contribution in [2.75, 3.05) is 42.9 Å². The number of hydrogen-bond donors (Lipinski definition) is 4. The second-order valence-corrected chi connectivity index (χ2v) is 15.7. The van der Waals surface area contributed by atoms with E-state index in [0.717, 1.165) is 97.7 Å². The maximum Gasteiger partial charge on any atom is 0.262 e. The van der Waals surface area contributed by atoms with Crippen LogP contribution in [0.5, 0.6) is 11.5 Å². The molecule has 4 aliphatic rings. The summed E-state index contributed by atoms with van der Waals surface area (Å²) in [6.07, 6.45) is 5.33. The highest BCUT2D eigenvalue weighted by molar-refractivity contribution is 6.23. The number of aromatic hydroxyl groups is 2. The van der Waals surface area contributed by atoms with E-state index in [1.807, 2.05) is 30.3 Å². The van der Waals surface area contributed by atoms with Gasteiger partial charge in [0.2, 0.25) is 11.8 Å². The van der Waals surface area contributed by atoms with E-state index in [9.17, 15) is 29.4 Å². The first-order valence-electron chi connectivity index (χ1n) is 20.2. The average molecular weight is 768 g/mol. The number of carbonyl (C=O) groups is 4. The molecule has 4 amide bonds. The van der Waals surface area contributed by atoms with E-state index in [-0.39, 0.29) is 41.5 Å². The zero-order valence-corrected chi connectivity index (χ0v) is 32.2. The molecular weight excluding hydrogens is 719 g/mol. The number of phenols is 2. The van der Waals surface area contributed by atoms with Crippen LogP contribution in [0.4, 0.5) is 11.4 Å². The van der Waals surface area contributed by atoms with Crippen LogP contribution in [0, 0.1) is 5.92 Å². The predicted molar refractivity (Wildman–Crippen MR) is 220 cm³/mol. The Labute approximate surface area is 333 Å². The maximum atomic E-state index is 13.3. The van der Waals surface area contributed by atoms with Gasteiger partial charge in [0.25, 0.3) is 11.8 Å². The number of fused-ring (bicyclic) bond motifs is 1. The molecule has 8 rings (SSSR count).